The summed E-state index contributed by atoms with van der Waals surface area (Å²) in [7, 11) is 0. The lowest BCUT2D eigenvalue weighted by atomic mass is 10.1. The maximum absolute atomic E-state index is 8.99. The van der Waals surface area contributed by atoms with Crippen molar-refractivity contribution < 1.29 is 5.11 Å². The molecule has 0 radical (unpaired) electrons. The normalized spacial score (nSPS) is 12.6. The van der Waals surface area contributed by atoms with Crippen LogP contribution in [0.2, 0.25) is 0 Å². The topological polar surface area (TPSA) is 32.3 Å². The van der Waals surface area contributed by atoms with Crippen molar-refractivity contribution in [1.29, 1.82) is 0 Å². The molecule has 0 saturated carbocycles. The summed E-state index contributed by atoms with van der Waals surface area (Å²) in [6.45, 7) is 6.37. The Hall–Kier alpha value is -1.02. The summed E-state index contributed by atoms with van der Waals surface area (Å²) in [6, 6.07) is 6.40. The van der Waals surface area contributed by atoms with E-state index in [2.05, 4.69) is 37.4 Å². The fourth-order valence-corrected chi connectivity index (χ4v) is 1.52. The Bertz CT molecular complexity index is 296. The standard InChI is InChI=1S/C12H19NO/c1-4-11-7-5-6-9(2)12(11)13-10(3)8-14/h5-7,10,13-14H,4,8H2,1-3H3/t10-/m0/s1. The molecule has 1 atom stereocenters. The first-order valence-corrected chi connectivity index (χ1v) is 5.15. The molecule has 0 heterocycles. The van der Waals surface area contributed by atoms with Gasteiger partial charge in [0.25, 0.3) is 0 Å². The van der Waals surface area contributed by atoms with Crippen molar-refractivity contribution >= 4 is 5.69 Å². The SMILES string of the molecule is CCc1cccc(C)c1N[C@@H](C)CO. The average Bonchev–Trinajstić information content (AvgIpc) is 2.20. The Balaban J connectivity index is 2.92. The number of benzene rings is 1. The molecule has 0 aliphatic rings. The van der Waals surface area contributed by atoms with E-state index in [4.69, 9.17) is 5.11 Å². The van der Waals surface area contributed by atoms with E-state index < -0.39 is 0 Å². The van der Waals surface area contributed by atoms with Crippen molar-refractivity contribution in [2.75, 3.05) is 11.9 Å². The molecule has 0 aliphatic heterocycles. The molecule has 2 N–H and O–H groups in total. The number of nitrogens with one attached hydrogen (secondary N) is 1. The Morgan fingerprint density at radius 3 is 2.71 bits per heavy atom. The summed E-state index contributed by atoms with van der Waals surface area (Å²) in [5.74, 6) is 0. The fourth-order valence-electron chi connectivity index (χ4n) is 1.52. The zero-order valence-electron chi connectivity index (χ0n) is 9.17. The predicted octanol–water partition coefficient (Wildman–Crippen LogP) is 2.35. The van der Waals surface area contributed by atoms with E-state index in [-0.39, 0.29) is 12.6 Å². The van der Waals surface area contributed by atoms with Gasteiger partial charge >= 0.3 is 0 Å². The van der Waals surface area contributed by atoms with Gasteiger partial charge in [-0.1, -0.05) is 25.1 Å². The molecule has 0 unspecified atom stereocenters. The minimum absolute atomic E-state index is 0.112. The van der Waals surface area contributed by atoms with E-state index in [1.807, 2.05) is 6.92 Å². The molecular formula is C12H19NO. The highest BCUT2D eigenvalue weighted by atomic mass is 16.3. The van der Waals surface area contributed by atoms with Gasteiger partial charge in [0, 0.05) is 11.7 Å². The van der Waals surface area contributed by atoms with Gasteiger partial charge in [0.1, 0.15) is 0 Å². The van der Waals surface area contributed by atoms with Crippen LogP contribution in [0.1, 0.15) is 25.0 Å². The summed E-state index contributed by atoms with van der Waals surface area (Å²) in [6.07, 6.45) is 1.02. The van der Waals surface area contributed by atoms with Gasteiger partial charge in [0.05, 0.1) is 6.61 Å². The van der Waals surface area contributed by atoms with Gasteiger partial charge in [-0.15, -0.1) is 0 Å². The number of aliphatic hydroxyl groups is 1. The summed E-state index contributed by atoms with van der Waals surface area (Å²) in [5.41, 5.74) is 3.73. The van der Waals surface area contributed by atoms with Crippen LogP contribution < -0.4 is 5.32 Å². The fraction of sp³-hybridized carbons (Fsp3) is 0.500. The summed E-state index contributed by atoms with van der Waals surface area (Å²) >= 11 is 0. The second-order valence-electron chi connectivity index (χ2n) is 3.69. The number of aliphatic hydroxyl groups excluding tert-OH is 1. The van der Waals surface area contributed by atoms with E-state index >= 15 is 0 Å². The van der Waals surface area contributed by atoms with Crippen LogP contribution in [0.25, 0.3) is 0 Å². The van der Waals surface area contributed by atoms with E-state index in [0.717, 1.165) is 6.42 Å². The zero-order valence-corrected chi connectivity index (χ0v) is 9.17. The number of anilines is 1. The van der Waals surface area contributed by atoms with Crippen LogP contribution in [-0.2, 0) is 6.42 Å². The van der Waals surface area contributed by atoms with Crippen molar-refractivity contribution in [1.82, 2.24) is 0 Å². The van der Waals surface area contributed by atoms with Gasteiger partial charge in [-0.25, -0.2) is 0 Å². The van der Waals surface area contributed by atoms with Gasteiger partial charge < -0.3 is 10.4 Å². The van der Waals surface area contributed by atoms with Gasteiger partial charge in [0.15, 0.2) is 0 Å². The quantitative estimate of drug-likeness (QED) is 0.769. The Labute approximate surface area is 86.0 Å². The first-order valence-electron chi connectivity index (χ1n) is 5.15. The lowest BCUT2D eigenvalue weighted by molar-refractivity contribution is 0.281. The van der Waals surface area contributed by atoms with Crippen molar-refractivity contribution in [2.24, 2.45) is 0 Å². The number of hydrogen-bond donors (Lipinski definition) is 2. The van der Waals surface area contributed by atoms with E-state index in [0.29, 0.717) is 0 Å². The van der Waals surface area contributed by atoms with Gasteiger partial charge in [-0.3, -0.25) is 0 Å². The van der Waals surface area contributed by atoms with E-state index in [9.17, 15) is 0 Å². The predicted molar refractivity (Wildman–Crippen MR) is 60.7 cm³/mol. The molecule has 0 amide bonds. The lowest BCUT2D eigenvalue weighted by Crippen LogP contribution is -2.20. The van der Waals surface area contributed by atoms with Crippen LogP contribution >= 0.6 is 0 Å². The van der Waals surface area contributed by atoms with Crippen LogP contribution in [-0.4, -0.2) is 17.8 Å². The molecule has 2 heteroatoms. The molecule has 0 aromatic heterocycles. The second kappa shape index (κ2) is 5.01. The van der Waals surface area contributed by atoms with Crippen LogP contribution in [0.5, 0.6) is 0 Å². The highest BCUT2D eigenvalue weighted by Gasteiger charge is 2.06. The highest BCUT2D eigenvalue weighted by Crippen LogP contribution is 2.21. The van der Waals surface area contributed by atoms with Crippen LogP contribution in [0.15, 0.2) is 18.2 Å². The molecule has 1 aromatic rings. The first kappa shape index (κ1) is 11.1. The third-order valence-corrected chi connectivity index (χ3v) is 2.40. The molecule has 2 nitrogen and oxygen atoms in total. The molecule has 14 heavy (non-hydrogen) atoms. The minimum Gasteiger partial charge on any atom is -0.394 e. The number of rotatable bonds is 4. The van der Waals surface area contributed by atoms with Crippen molar-refractivity contribution in [3.05, 3.63) is 29.3 Å². The third kappa shape index (κ3) is 2.48. The maximum atomic E-state index is 8.99. The number of hydrogen-bond acceptors (Lipinski definition) is 2. The largest absolute Gasteiger partial charge is 0.394 e. The van der Waals surface area contributed by atoms with Crippen molar-refractivity contribution in [2.45, 2.75) is 33.2 Å². The van der Waals surface area contributed by atoms with Crippen molar-refractivity contribution in [3.63, 3.8) is 0 Å². The van der Waals surface area contributed by atoms with Gasteiger partial charge in [-0.2, -0.15) is 0 Å². The Morgan fingerprint density at radius 1 is 1.43 bits per heavy atom. The number of para-hydroxylation sites is 1. The summed E-state index contributed by atoms with van der Waals surface area (Å²) in [4.78, 5) is 0. The van der Waals surface area contributed by atoms with Gasteiger partial charge in [0.2, 0.25) is 0 Å². The molecule has 78 valence electrons. The number of aryl methyl sites for hydroxylation is 2. The molecule has 0 bridgehead atoms. The van der Waals surface area contributed by atoms with E-state index in [1.165, 1.54) is 16.8 Å². The third-order valence-electron chi connectivity index (χ3n) is 2.40. The highest BCUT2D eigenvalue weighted by molar-refractivity contribution is 5.57. The molecular weight excluding hydrogens is 174 g/mol. The van der Waals surface area contributed by atoms with Crippen LogP contribution in [0.4, 0.5) is 5.69 Å². The molecule has 1 rings (SSSR count). The summed E-state index contributed by atoms with van der Waals surface area (Å²) in [5, 5.41) is 12.3. The molecule has 0 aliphatic carbocycles. The molecule has 0 spiro atoms. The minimum atomic E-state index is 0.112. The Morgan fingerprint density at radius 2 is 2.14 bits per heavy atom. The second-order valence-corrected chi connectivity index (χ2v) is 3.69. The molecule has 0 saturated heterocycles. The Kier molecular flexibility index (Phi) is 3.96. The average molecular weight is 193 g/mol. The summed E-state index contributed by atoms with van der Waals surface area (Å²) < 4.78 is 0. The van der Waals surface area contributed by atoms with Crippen molar-refractivity contribution in [3.8, 4) is 0 Å². The zero-order chi connectivity index (χ0) is 10.6. The lowest BCUT2D eigenvalue weighted by Gasteiger charge is -2.17. The smallest absolute Gasteiger partial charge is 0.0630 e. The van der Waals surface area contributed by atoms with Crippen LogP contribution in [0, 0.1) is 6.92 Å². The van der Waals surface area contributed by atoms with Gasteiger partial charge in [-0.05, 0) is 31.4 Å². The monoisotopic (exact) mass is 193 g/mol. The van der Waals surface area contributed by atoms with E-state index in [1.54, 1.807) is 0 Å². The first-order chi connectivity index (χ1) is 6.69. The van der Waals surface area contributed by atoms with Crippen LogP contribution in [0.3, 0.4) is 0 Å². The maximum Gasteiger partial charge on any atom is 0.0630 e. The molecule has 0 fully saturated rings. The molecule has 1 aromatic carbocycles.